The average molecular weight is 376 g/mol. The van der Waals surface area contributed by atoms with Gasteiger partial charge in [0.15, 0.2) is 11.6 Å². The van der Waals surface area contributed by atoms with E-state index in [1.807, 2.05) is 0 Å². The molecule has 0 bridgehead atoms. The minimum atomic E-state index is -0.793. The highest BCUT2D eigenvalue weighted by Gasteiger charge is 2.20. The van der Waals surface area contributed by atoms with Crippen molar-refractivity contribution in [3.05, 3.63) is 69.5 Å². The Labute approximate surface area is 154 Å². The molecule has 0 aliphatic rings. The largest absolute Gasteiger partial charge is 0.489 e. The summed E-state index contributed by atoms with van der Waals surface area (Å²) in [6.45, 7) is 0.116. The van der Waals surface area contributed by atoms with E-state index in [2.05, 4.69) is 4.74 Å². The lowest BCUT2D eigenvalue weighted by Crippen LogP contribution is -2.31. The minimum Gasteiger partial charge on any atom is -0.489 e. The number of methoxy groups -OCH3 is 1. The highest BCUT2D eigenvalue weighted by Crippen LogP contribution is 2.19. The SMILES string of the molecule is COC(=O)c1cc(C(=O)N(C)CCOc2ccccc2F)cc([N+](=O)[O-])c1. The van der Waals surface area contributed by atoms with Crippen molar-refractivity contribution in [2.45, 2.75) is 0 Å². The zero-order valence-electron chi connectivity index (χ0n) is 14.7. The van der Waals surface area contributed by atoms with Crippen LogP contribution in [0.4, 0.5) is 10.1 Å². The molecule has 8 nitrogen and oxygen atoms in total. The van der Waals surface area contributed by atoms with E-state index in [1.165, 1.54) is 36.2 Å². The molecule has 0 radical (unpaired) electrons. The van der Waals surface area contributed by atoms with Gasteiger partial charge in [-0.2, -0.15) is 0 Å². The number of esters is 1. The summed E-state index contributed by atoms with van der Waals surface area (Å²) >= 11 is 0. The molecule has 0 saturated carbocycles. The third kappa shape index (κ3) is 5.00. The molecule has 0 aromatic heterocycles. The van der Waals surface area contributed by atoms with Gasteiger partial charge in [-0.3, -0.25) is 14.9 Å². The van der Waals surface area contributed by atoms with Gasteiger partial charge in [-0.15, -0.1) is 0 Å². The summed E-state index contributed by atoms with van der Waals surface area (Å²) in [6.07, 6.45) is 0. The Morgan fingerprint density at radius 2 is 1.85 bits per heavy atom. The zero-order valence-corrected chi connectivity index (χ0v) is 14.7. The third-order valence-electron chi connectivity index (χ3n) is 3.66. The monoisotopic (exact) mass is 376 g/mol. The van der Waals surface area contributed by atoms with Crippen LogP contribution < -0.4 is 4.74 Å². The molecule has 0 saturated heterocycles. The number of nitro groups is 1. The molecular weight excluding hydrogens is 359 g/mol. The van der Waals surface area contributed by atoms with Crippen molar-refractivity contribution in [3.63, 3.8) is 0 Å². The number of amides is 1. The van der Waals surface area contributed by atoms with Crippen LogP contribution in [-0.4, -0.2) is 49.0 Å². The predicted molar refractivity (Wildman–Crippen MR) is 93.3 cm³/mol. The summed E-state index contributed by atoms with van der Waals surface area (Å²) in [4.78, 5) is 35.8. The summed E-state index contributed by atoms with van der Waals surface area (Å²) < 4.78 is 23.3. The number of halogens is 1. The van der Waals surface area contributed by atoms with Crippen molar-refractivity contribution in [2.75, 3.05) is 27.3 Å². The number of hydrogen-bond acceptors (Lipinski definition) is 6. The first-order chi connectivity index (χ1) is 12.8. The maximum Gasteiger partial charge on any atom is 0.338 e. The van der Waals surface area contributed by atoms with Crippen molar-refractivity contribution < 1.29 is 28.4 Å². The number of para-hydroxylation sites is 1. The van der Waals surface area contributed by atoms with E-state index in [0.29, 0.717) is 0 Å². The summed E-state index contributed by atoms with van der Waals surface area (Å²) in [7, 11) is 2.60. The predicted octanol–water partition coefficient (Wildman–Crippen LogP) is 2.67. The summed E-state index contributed by atoms with van der Waals surface area (Å²) in [5.41, 5.74) is -0.554. The Kier molecular flexibility index (Phi) is 6.42. The van der Waals surface area contributed by atoms with Crippen molar-refractivity contribution in [2.24, 2.45) is 0 Å². The Bertz CT molecular complexity index is 871. The van der Waals surface area contributed by atoms with Crippen LogP contribution in [0.1, 0.15) is 20.7 Å². The number of hydrogen-bond donors (Lipinski definition) is 0. The fraction of sp³-hybridized carbons (Fsp3) is 0.222. The van der Waals surface area contributed by atoms with Crippen molar-refractivity contribution >= 4 is 17.6 Å². The van der Waals surface area contributed by atoms with Gasteiger partial charge in [0.05, 0.1) is 24.1 Å². The first-order valence-electron chi connectivity index (χ1n) is 7.84. The number of ether oxygens (including phenoxy) is 2. The van der Waals surface area contributed by atoms with Crippen LogP contribution in [0.25, 0.3) is 0 Å². The Morgan fingerprint density at radius 3 is 2.48 bits per heavy atom. The Morgan fingerprint density at radius 1 is 1.19 bits per heavy atom. The van der Waals surface area contributed by atoms with Gasteiger partial charge in [-0.1, -0.05) is 12.1 Å². The molecule has 0 fully saturated rings. The molecule has 0 atom stereocenters. The van der Waals surface area contributed by atoms with Gasteiger partial charge in [0.2, 0.25) is 0 Å². The van der Waals surface area contributed by atoms with Gasteiger partial charge in [0, 0.05) is 24.7 Å². The summed E-state index contributed by atoms with van der Waals surface area (Å²) in [5, 5.41) is 11.0. The Balaban J connectivity index is 2.11. The number of nitro benzene ring substituents is 1. The lowest BCUT2D eigenvalue weighted by molar-refractivity contribution is -0.384. The normalized spacial score (nSPS) is 10.2. The van der Waals surface area contributed by atoms with Gasteiger partial charge in [-0.25, -0.2) is 9.18 Å². The molecular formula is C18H17FN2O6. The minimum absolute atomic E-state index is 0.0158. The van der Waals surface area contributed by atoms with E-state index in [1.54, 1.807) is 6.07 Å². The standard InChI is InChI=1S/C18H17FN2O6/c1-20(7-8-27-16-6-4-3-5-15(16)19)17(22)12-9-13(18(23)26-2)11-14(10-12)21(24)25/h3-6,9-11H,7-8H2,1-2H3. The molecule has 9 heteroatoms. The van der Waals surface area contributed by atoms with E-state index in [9.17, 15) is 24.1 Å². The van der Waals surface area contributed by atoms with Crippen LogP contribution in [-0.2, 0) is 4.74 Å². The topological polar surface area (TPSA) is 99.0 Å². The van der Waals surface area contributed by atoms with E-state index in [0.717, 1.165) is 19.2 Å². The van der Waals surface area contributed by atoms with Crippen LogP contribution in [0, 0.1) is 15.9 Å². The number of benzene rings is 2. The number of nitrogens with zero attached hydrogens (tertiary/aromatic N) is 2. The van der Waals surface area contributed by atoms with Gasteiger partial charge >= 0.3 is 5.97 Å². The number of carbonyl (C=O) groups is 2. The number of carbonyl (C=O) groups excluding carboxylic acids is 2. The summed E-state index contributed by atoms with van der Waals surface area (Å²) in [6, 6.07) is 9.17. The van der Waals surface area contributed by atoms with Crippen LogP contribution in [0.2, 0.25) is 0 Å². The molecule has 0 aliphatic heterocycles. The lowest BCUT2D eigenvalue weighted by atomic mass is 10.1. The first-order valence-corrected chi connectivity index (χ1v) is 7.84. The van der Waals surface area contributed by atoms with Crippen LogP contribution in [0.5, 0.6) is 5.75 Å². The molecule has 142 valence electrons. The number of rotatable bonds is 7. The zero-order chi connectivity index (χ0) is 20.0. The first kappa shape index (κ1) is 19.8. The summed E-state index contributed by atoms with van der Waals surface area (Å²) in [5.74, 6) is -1.81. The van der Waals surface area contributed by atoms with Gasteiger partial charge in [0.25, 0.3) is 11.6 Å². The van der Waals surface area contributed by atoms with E-state index in [4.69, 9.17) is 4.74 Å². The molecule has 27 heavy (non-hydrogen) atoms. The molecule has 0 N–H and O–H groups in total. The van der Waals surface area contributed by atoms with E-state index < -0.39 is 28.3 Å². The fourth-order valence-electron chi connectivity index (χ4n) is 2.25. The molecule has 0 spiro atoms. The smallest absolute Gasteiger partial charge is 0.338 e. The second-order valence-corrected chi connectivity index (χ2v) is 5.52. The molecule has 1 amide bonds. The molecule has 0 unspecified atom stereocenters. The molecule has 2 aromatic carbocycles. The molecule has 0 aliphatic carbocycles. The lowest BCUT2D eigenvalue weighted by Gasteiger charge is -2.18. The third-order valence-corrected chi connectivity index (χ3v) is 3.66. The second-order valence-electron chi connectivity index (χ2n) is 5.52. The van der Waals surface area contributed by atoms with Crippen molar-refractivity contribution in [1.82, 2.24) is 4.90 Å². The van der Waals surface area contributed by atoms with Gasteiger partial charge in [-0.05, 0) is 18.2 Å². The molecule has 2 aromatic rings. The molecule has 0 heterocycles. The van der Waals surface area contributed by atoms with Crippen molar-refractivity contribution in [3.8, 4) is 5.75 Å². The van der Waals surface area contributed by atoms with Crippen LogP contribution >= 0.6 is 0 Å². The van der Waals surface area contributed by atoms with Gasteiger partial charge in [0.1, 0.15) is 6.61 Å². The fourth-order valence-corrected chi connectivity index (χ4v) is 2.25. The van der Waals surface area contributed by atoms with E-state index >= 15 is 0 Å². The van der Waals surface area contributed by atoms with Crippen LogP contribution in [0.3, 0.4) is 0 Å². The quantitative estimate of drug-likeness (QED) is 0.418. The highest BCUT2D eigenvalue weighted by molar-refractivity contribution is 5.98. The Hall–Kier alpha value is -3.49. The number of non-ortho nitro benzene ring substituents is 1. The maximum absolute atomic E-state index is 13.5. The highest BCUT2D eigenvalue weighted by atomic mass is 19.1. The van der Waals surface area contributed by atoms with Gasteiger partial charge < -0.3 is 14.4 Å². The average Bonchev–Trinajstić information content (AvgIpc) is 2.67. The number of likely N-dealkylation sites (N-methyl/N-ethyl adjacent to an activating group) is 1. The van der Waals surface area contributed by atoms with Crippen molar-refractivity contribution in [1.29, 1.82) is 0 Å². The second kappa shape index (κ2) is 8.75. The molecule has 2 rings (SSSR count). The van der Waals surface area contributed by atoms with Crippen LogP contribution in [0.15, 0.2) is 42.5 Å². The maximum atomic E-state index is 13.5. The van der Waals surface area contributed by atoms with E-state index in [-0.39, 0.29) is 30.0 Å².